The van der Waals surface area contributed by atoms with Gasteiger partial charge in [-0.3, -0.25) is 0 Å². The first-order valence-electron chi connectivity index (χ1n) is 6.54. The molecule has 0 aliphatic heterocycles. The summed E-state index contributed by atoms with van der Waals surface area (Å²) in [5, 5.41) is 13.0. The van der Waals surface area contributed by atoms with Crippen molar-refractivity contribution in [3.63, 3.8) is 0 Å². The summed E-state index contributed by atoms with van der Waals surface area (Å²) in [6.45, 7) is 7.53. The number of nitrogens with one attached hydrogen (secondary N) is 1. The van der Waals surface area contributed by atoms with Gasteiger partial charge in [-0.05, 0) is 18.4 Å². The van der Waals surface area contributed by atoms with Gasteiger partial charge in [0.15, 0.2) is 0 Å². The summed E-state index contributed by atoms with van der Waals surface area (Å²) in [7, 11) is 0. The lowest BCUT2D eigenvalue weighted by molar-refractivity contribution is 0.131. The lowest BCUT2D eigenvalue weighted by atomic mass is 9.88. The minimum Gasteiger partial charge on any atom is -0.396 e. The third kappa shape index (κ3) is 4.14. The van der Waals surface area contributed by atoms with E-state index in [0.29, 0.717) is 6.04 Å². The van der Waals surface area contributed by atoms with Crippen LogP contribution in [0.2, 0.25) is 0 Å². The first-order valence-corrected chi connectivity index (χ1v) is 6.54. The van der Waals surface area contributed by atoms with E-state index in [1.807, 2.05) is 6.07 Å². The van der Waals surface area contributed by atoms with Crippen molar-refractivity contribution < 1.29 is 5.11 Å². The SMILES string of the molecule is CCC(NCC(C)(CC)CO)c1ccccc1. The van der Waals surface area contributed by atoms with E-state index < -0.39 is 0 Å². The number of benzene rings is 1. The van der Waals surface area contributed by atoms with Crippen LogP contribution in [0, 0.1) is 5.41 Å². The van der Waals surface area contributed by atoms with Crippen molar-refractivity contribution in [2.24, 2.45) is 5.41 Å². The molecule has 1 aromatic carbocycles. The van der Waals surface area contributed by atoms with E-state index in [1.54, 1.807) is 0 Å². The van der Waals surface area contributed by atoms with Crippen LogP contribution in [0.25, 0.3) is 0 Å². The van der Waals surface area contributed by atoms with Crippen molar-refractivity contribution in [2.75, 3.05) is 13.2 Å². The number of hydrogen-bond acceptors (Lipinski definition) is 2. The highest BCUT2D eigenvalue weighted by Crippen LogP contribution is 2.22. The lowest BCUT2D eigenvalue weighted by Crippen LogP contribution is -2.36. The standard InChI is InChI=1S/C15H25NO/c1-4-14(13-9-7-6-8-10-13)16-11-15(3,5-2)12-17/h6-10,14,16-17H,4-5,11-12H2,1-3H3. The molecule has 2 heteroatoms. The Kier molecular flexibility index (Phi) is 5.66. The molecule has 1 aromatic rings. The molecule has 0 bridgehead atoms. The van der Waals surface area contributed by atoms with Gasteiger partial charge in [-0.25, -0.2) is 0 Å². The zero-order valence-corrected chi connectivity index (χ0v) is 11.2. The Bertz CT molecular complexity index is 306. The predicted molar refractivity (Wildman–Crippen MR) is 73.0 cm³/mol. The van der Waals surface area contributed by atoms with E-state index in [-0.39, 0.29) is 12.0 Å². The zero-order chi connectivity index (χ0) is 12.7. The van der Waals surface area contributed by atoms with Crippen LogP contribution in [0.3, 0.4) is 0 Å². The first-order chi connectivity index (χ1) is 8.15. The summed E-state index contributed by atoms with van der Waals surface area (Å²) < 4.78 is 0. The van der Waals surface area contributed by atoms with Gasteiger partial charge in [0, 0.05) is 24.6 Å². The van der Waals surface area contributed by atoms with Crippen molar-refractivity contribution in [2.45, 2.75) is 39.7 Å². The zero-order valence-electron chi connectivity index (χ0n) is 11.2. The Morgan fingerprint density at radius 3 is 2.35 bits per heavy atom. The first kappa shape index (κ1) is 14.2. The van der Waals surface area contributed by atoms with E-state index in [2.05, 4.69) is 50.4 Å². The third-order valence-electron chi connectivity index (χ3n) is 3.62. The van der Waals surface area contributed by atoms with Crippen molar-refractivity contribution in [3.05, 3.63) is 35.9 Å². The maximum Gasteiger partial charge on any atom is 0.0496 e. The average Bonchev–Trinajstić information content (AvgIpc) is 2.40. The summed E-state index contributed by atoms with van der Waals surface area (Å²) >= 11 is 0. The monoisotopic (exact) mass is 235 g/mol. The molecule has 2 unspecified atom stereocenters. The van der Waals surface area contributed by atoms with Gasteiger partial charge in [0.05, 0.1) is 0 Å². The Morgan fingerprint density at radius 2 is 1.88 bits per heavy atom. The van der Waals surface area contributed by atoms with Crippen LogP contribution in [0.5, 0.6) is 0 Å². The quantitative estimate of drug-likeness (QED) is 0.761. The summed E-state index contributed by atoms with van der Waals surface area (Å²) in [5.41, 5.74) is 1.31. The molecule has 0 fully saturated rings. The summed E-state index contributed by atoms with van der Waals surface area (Å²) in [5.74, 6) is 0. The van der Waals surface area contributed by atoms with Crippen molar-refractivity contribution >= 4 is 0 Å². The van der Waals surface area contributed by atoms with Crippen molar-refractivity contribution in [1.29, 1.82) is 0 Å². The van der Waals surface area contributed by atoms with Crippen LogP contribution >= 0.6 is 0 Å². The normalized spacial score (nSPS) is 16.5. The predicted octanol–water partition coefficient (Wildman–Crippen LogP) is 3.14. The van der Waals surface area contributed by atoms with E-state index >= 15 is 0 Å². The van der Waals surface area contributed by atoms with Crippen molar-refractivity contribution in [1.82, 2.24) is 5.32 Å². The Morgan fingerprint density at radius 1 is 1.24 bits per heavy atom. The molecule has 1 rings (SSSR count). The lowest BCUT2D eigenvalue weighted by Gasteiger charge is -2.29. The fraction of sp³-hybridized carbons (Fsp3) is 0.600. The molecule has 0 spiro atoms. The second kappa shape index (κ2) is 6.77. The molecule has 0 heterocycles. The molecular formula is C15H25NO. The van der Waals surface area contributed by atoms with Crippen LogP contribution in [-0.2, 0) is 0 Å². The van der Waals surface area contributed by atoms with Crippen LogP contribution in [0.15, 0.2) is 30.3 Å². The van der Waals surface area contributed by atoms with E-state index in [9.17, 15) is 5.11 Å². The van der Waals surface area contributed by atoms with Gasteiger partial charge in [-0.1, -0.05) is 51.1 Å². The molecule has 17 heavy (non-hydrogen) atoms. The maximum atomic E-state index is 9.40. The highest BCUT2D eigenvalue weighted by Gasteiger charge is 2.22. The van der Waals surface area contributed by atoms with Crippen LogP contribution in [0.1, 0.15) is 45.2 Å². The summed E-state index contributed by atoms with van der Waals surface area (Å²) in [4.78, 5) is 0. The number of aliphatic hydroxyl groups is 1. The minimum absolute atomic E-state index is 0.0117. The molecule has 0 aliphatic carbocycles. The molecule has 0 amide bonds. The number of aliphatic hydroxyl groups excluding tert-OH is 1. The van der Waals surface area contributed by atoms with Gasteiger partial charge in [0.2, 0.25) is 0 Å². The number of hydrogen-bond donors (Lipinski definition) is 2. The van der Waals surface area contributed by atoms with Crippen molar-refractivity contribution in [3.8, 4) is 0 Å². The highest BCUT2D eigenvalue weighted by molar-refractivity contribution is 5.18. The topological polar surface area (TPSA) is 32.3 Å². The largest absolute Gasteiger partial charge is 0.396 e. The van der Waals surface area contributed by atoms with Gasteiger partial charge in [0.1, 0.15) is 0 Å². The molecule has 0 radical (unpaired) electrons. The van der Waals surface area contributed by atoms with Gasteiger partial charge in [-0.15, -0.1) is 0 Å². The van der Waals surface area contributed by atoms with E-state index in [0.717, 1.165) is 19.4 Å². The van der Waals surface area contributed by atoms with Crippen LogP contribution < -0.4 is 5.32 Å². The maximum absolute atomic E-state index is 9.40. The van der Waals surface area contributed by atoms with Gasteiger partial charge < -0.3 is 10.4 Å². The second-order valence-corrected chi connectivity index (χ2v) is 5.07. The molecule has 2 N–H and O–H groups in total. The summed E-state index contributed by atoms with van der Waals surface area (Å²) in [6, 6.07) is 10.9. The van der Waals surface area contributed by atoms with Gasteiger partial charge >= 0.3 is 0 Å². The molecule has 2 nitrogen and oxygen atoms in total. The molecule has 0 saturated heterocycles. The fourth-order valence-corrected chi connectivity index (χ4v) is 1.85. The highest BCUT2D eigenvalue weighted by atomic mass is 16.3. The van der Waals surface area contributed by atoms with Gasteiger partial charge in [0.25, 0.3) is 0 Å². The molecule has 0 aliphatic rings. The smallest absolute Gasteiger partial charge is 0.0496 e. The Labute approximate surface area is 105 Å². The van der Waals surface area contributed by atoms with E-state index in [4.69, 9.17) is 0 Å². The van der Waals surface area contributed by atoms with Crippen LogP contribution in [-0.4, -0.2) is 18.3 Å². The summed E-state index contributed by atoms with van der Waals surface area (Å²) in [6.07, 6.45) is 2.05. The number of rotatable bonds is 7. The molecular weight excluding hydrogens is 210 g/mol. The fourth-order valence-electron chi connectivity index (χ4n) is 1.85. The molecule has 2 atom stereocenters. The van der Waals surface area contributed by atoms with E-state index in [1.165, 1.54) is 5.56 Å². The van der Waals surface area contributed by atoms with Crippen LogP contribution in [0.4, 0.5) is 0 Å². The molecule has 0 saturated carbocycles. The third-order valence-corrected chi connectivity index (χ3v) is 3.62. The molecule has 96 valence electrons. The Hall–Kier alpha value is -0.860. The van der Waals surface area contributed by atoms with Gasteiger partial charge in [-0.2, -0.15) is 0 Å². The molecule has 0 aromatic heterocycles. The Balaban J connectivity index is 2.60. The second-order valence-electron chi connectivity index (χ2n) is 5.07. The minimum atomic E-state index is -0.0117. The average molecular weight is 235 g/mol.